The van der Waals surface area contributed by atoms with Crippen LogP contribution in [-0.4, -0.2) is 53.0 Å². The minimum Gasteiger partial charge on any atom is -0.480 e. The van der Waals surface area contributed by atoms with Gasteiger partial charge in [-0.05, 0) is 12.3 Å². The van der Waals surface area contributed by atoms with Gasteiger partial charge in [0.2, 0.25) is 5.91 Å². The van der Waals surface area contributed by atoms with Crippen LogP contribution < -0.4 is 10.6 Å². The summed E-state index contributed by atoms with van der Waals surface area (Å²) >= 11 is 0. The van der Waals surface area contributed by atoms with Gasteiger partial charge >= 0.3 is 12.0 Å². The summed E-state index contributed by atoms with van der Waals surface area (Å²) in [6.07, 6.45) is 0.384. The molecule has 0 aromatic heterocycles. The van der Waals surface area contributed by atoms with Gasteiger partial charge in [0.1, 0.15) is 12.1 Å². The maximum Gasteiger partial charge on any atom is 0.326 e. The largest absolute Gasteiger partial charge is 0.480 e. The molecular formula is C12H19N3O5. The second-order valence-corrected chi connectivity index (χ2v) is 5.06. The first-order valence-electron chi connectivity index (χ1n) is 6.34. The predicted octanol–water partition coefficient (Wildman–Crippen LogP) is -0.458. The second kappa shape index (κ2) is 6.36. The molecule has 0 aromatic rings. The van der Waals surface area contributed by atoms with E-state index in [4.69, 9.17) is 5.11 Å². The van der Waals surface area contributed by atoms with E-state index >= 15 is 0 Å². The van der Waals surface area contributed by atoms with Crippen molar-refractivity contribution in [1.29, 1.82) is 0 Å². The summed E-state index contributed by atoms with van der Waals surface area (Å²) in [7, 11) is 1.35. The fourth-order valence-electron chi connectivity index (χ4n) is 1.90. The molecule has 8 heteroatoms. The SMILES string of the molecule is CC(C)[C@@H](NC(=O)NC1CCC(=O)N(C)C1=O)C(=O)O. The first-order chi connectivity index (χ1) is 9.23. The van der Waals surface area contributed by atoms with Crippen molar-refractivity contribution in [3.63, 3.8) is 0 Å². The van der Waals surface area contributed by atoms with E-state index in [0.717, 1.165) is 4.90 Å². The molecule has 1 rings (SSSR count). The summed E-state index contributed by atoms with van der Waals surface area (Å²) in [5, 5.41) is 13.7. The molecule has 0 radical (unpaired) electrons. The fourth-order valence-corrected chi connectivity index (χ4v) is 1.90. The zero-order chi connectivity index (χ0) is 15.4. The number of rotatable bonds is 4. The average Bonchev–Trinajstić information content (AvgIpc) is 2.36. The number of carbonyl (C=O) groups excluding carboxylic acids is 3. The molecule has 3 N–H and O–H groups in total. The van der Waals surface area contributed by atoms with Gasteiger partial charge in [-0.1, -0.05) is 13.8 Å². The van der Waals surface area contributed by atoms with Gasteiger partial charge in [0, 0.05) is 13.5 Å². The summed E-state index contributed by atoms with van der Waals surface area (Å²) in [5.74, 6) is -2.21. The van der Waals surface area contributed by atoms with Crippen molar-refractivity contribution in [1.82, 2.24) is 15.5 Å². The van der Waals surface area contributed by atoms with Crippen molar-refractivity contribution in [2.24, 2.45) is 5.92 Å². The summed E-state index contributed by atoms with van der Waals surface area (Å²) < 4.78 is 0. The van der Waals surface area contributed by atoms with Crippen molar-refractivity contribution >= 4 is 23.8 Å². The van der Waals surface area contributed by atoms with Crippen molar-refractivity contribution in [3.8, 4) is 0 Å². The molecule has 1 fully saturated rings. The van der Waals surface area contributed by atoms with Crippen LogP contribution in [-0.2, 0) is 14.4 Å². The zero-order valence-electron chi connectivity index (χ0n) is 11.7. The van der Waals surface area contributed by atoms with Crippen LogP contribution in [0.2, 0.25) is 0 Å². The summed E-state index contributed by atoms with van der Waals surface area (Å²) in [6.45, 7) is 3.33. The fraction of sp³-hybridized carbons (Fsp3) is 0.667. The maximum atomic E-state index is 11.8. The molecule has 1 aliphatic heterocycles. The van der Waals surface area contributed by atoms with E-state index in [1.54, 1.807) is 13.8 Å². The van der Waals surface area contributed by atoms with Gasteiger partial charge in [0.25, 0.3) is 5.91 Å². The third-order valence-corrected chi connectivity index (χ3v) is 3.17. The lowest BCUT2D eigenvalue weighted by Gasteiger charge is -2.28. The van der Waals surface area contributed by atoms with Gasteiger partial charge in [-0.25, -0.2) is 9.59 Å². The van der Waals surface area contributed by atoms with Gasteiger partial charge in [-0.2, -0.15) is 0 Å². The second-order valence-electron chi connectivity index (χ2n) is 5.06. The van der Waals surface area contributed by atoms with E-state index in [9.17, 15) is 19.2 Å². The molecule has 0 spiro atoms. The molecule has 1 saturated heterocycles. The van der Waals surface area contributed by atoms with Gasteiger partial charge in [-0.3, -0.25) is 14.5 Å². The van der Waals surface area contributed by atoms with Gasteiger partial charge in [0.05, 0.1) is 0 Å². The summed E-state index contributed by atoms with van der Waals surface area (Å²) in [6, 6.07) is -2.57. The third kappa shape index (κ3) is 3.69. The normalized spacial score (nSPS) is 20.8. The molecule has 0 saturated carbocycles. The minimum absolute atomic E-state index is 0.166. The number of likely N-dealkylation sites (tertiary alicyclic amines) is 1. The van der Waals surface area contributed by atoms with Crippen LogP contribution in [0.5, 0.6) is 0 Å². The van der Waals surface area contributed by atoms with Crippen LogP contribution in [0.15, 0.2) is 0 Å². The van der Waals surface area contributed by atoms with E-state index in [0.29, 0.717) is 0 Å². The van der Waals surface area contributed by atoms with E-state index in [2.05, 4.69) is 10.6 Å². The monoisotopic (exact) mass is 285 g/mol. The number of likely N-dealkylation sites (N-methyl/N-ethyl adjacent to an activating group) is 1. The zero-order valence-corrected chi connectivity index (χ0v) is 11.7. The molecule has 0 aromatic carbocycles. The van der Waals surface area contributed by atoms with Crippen molar-refractivity contribution in [2.45, 2.75) is 38.8 Å². The van der Waals surface area contributed by atoms with Crippen molar-refractivity contribution in [3.05, 3.63) is 0 Å². The molecule has 1 heterocycles. The molecule has 0 aliphatic carbocycles. The topological polar surface area (TPSA) is 116 Å². The van der Waals surface area contributed by atoms with Gasteiger partial charge in [-0.15, -0.1) is 0 Å². The number of carboxylic acid groups (broad SMARTS) is 1. The van der Waals surface area contributed by atoms with Crippen LogP contribution in [0.1, 0.15) is 26.7 Å². The number of nitrogens with zero attached hydrogens (tertiary/aromatic N) is 1. The lowest BCUT2D eigenvalue weighted by Crippen LogP contribution is -2.57. The van der Waals surface area contributed by atoms with Crippen LogP contribution in [0.3, 0.4) is 0 Å². The number of imide groups is 1. The number of nitrogens with one attached hydrogen (secondary N) is 2. The highest BCUT2D eigenvalue weighted by molar-refractivity contribution is 6.01. The number of carbonyl (C=O) groups is 4. The summed E-state index contributed by atoms with van der Waals surface area (Å²) in [4.78, 5) is 46.7. The number of aliphatic carboxylic acids is 1. The van der Waals surface area contributed by atoms with E-state index in [1.165, 1.54) is 7.05 Å². The molecule has 0 bridgehead atoms. The lowest BCUT2D eigenvalue weighted by molar-refractivity contribution is -0.147. The Morgan fingerprint density at radius 2 is 1.95 bits per heavy atom. The number of carboxylic acids is 1. The lowest BCUT2D eigenvalue weighted by atomic mass is 10.0. The summed E-state index contributed by atoms with van der Waals surface area (Å²) in [5.41, 5.74) is 0. The Kier molecular flexibility index (Phi) is 5.06. The molecule has 20 heavy (non-hydrogen) atoms. The smallest absolute Gasteiger partial charge is 0.326 e. The molecular weight excluding hydrogens is 266 g/mol. The molecule has 2 atom stereocenters. The molecule has 4 amide bonds. The number of amides is 4. The Balaban J connectivity index is 2.60. The molecule has 8 nitrogen and oxygen atoms in total. The maximum absolute atomic E-state index is 11.8. The standard InChI is InChI=1S/C12H19N3O5/c1-6(2)9(11(18)19)14-12(20)13-7-4-5-8(16)15(3)10(7)17/h6-7,9H,4-5H2,1-3H3,(H,18,19)(H2,13,14,20)/t7?,9-/m1/s1. The minimum atomic E-state index is -1.14. The van der Waals surface area contributed by atoms with Crippen LogP contribution >= 0.6 is 0 Å². The molecule has 1 aliphatic rings. The third-order valence-electron chi connectivity index (χ3n) is 3.17. The molecule has 1 unspecified atom stereocenters. The predicted molar refractivity (Wildman–Crippen MR) is 68.7 cm³/mol. The van der Waals surface area contributed by atoms with E-state index in [-0.39, 0.29) is 24.7 Å². The first-order valence-corrected chi connectivity index (χ1v) is 6.34. The van der Waals surface area contributed by atoms with Crippen molar-refractivity contribution < 1.29 is 24.3 Å². The highest BCUT2D eigenvalue weighted by atomic mass is 16.4. The first kappa shape index (κ1) is 15.9. The Morgan fingerprint density at radius 1 is 1.35 bits per heavy atom. The Hall–Kier alpha value is -2.12. The number of hydrogen-bond donors (Lipinski definition) is 3. The highest BCUT2D eigenvalue weighted by Crippen LogP contribution is 2.11. The molecule has 112 valence electrons. The number of urea groups is 1. The Labute approximate surface area is 116 Å². The van der Waals surface area contributed by atoms with Crippen molar-refractivity contribution in [2.75, 3.05) is 7.05 Å². The van der Waals surface area contributed by atoms with Crippen LogP contribution in [0, 0.1) is 5.92 Å². The highest BCUT2D eigenvalue weighted by Gasteiger charge is 2.33. The van der Waals surface area contributed by atoms with E-state index < -0.39 is 30.0 Å². The van der Waals surface area contributed by atoms with Gasteiger partial charge < -0.3 is 15.7 Å². The Bertz CT molecular complexity index is 435. The number of piperidine rings is 1. The Morgan fingerprint density at radius 3 is 2.45 bits per heavy atom. The number of hydrogen-bond acceptors (Lipinski definition) is 4. The van der Waals surface area contributed by atoms with Crippen LogP contribution in [0.4, 0.5) is 4.79 Å². The average molecular weight is 285 g/mol. The quantitative estimate of drug-likeness (QED) is 0.605. The van der Waals surface area contributed by atoms with Gasteiger partial charge in [0.15, 0.2) is 0 Å². The van der Waals surface area contributed by atoms with Crippen LogP contribution in [0.25, 0.3) is 0 Å². The van der Waals surface area contributed by atoms with E-state index in [1.807, 2.05) is 0 Å².